The Bertz CT molecular complexity index is 967. The zero-order valence-electron chi connectivity index (χ0n) is 23.8. The lowest BCUT2D eigenvalue weighted by Gasteiger charge is -2.20. The van der Waals surface area contributed by atoms with Gasteiger partial charge in [-0.25, -0.2) is 0 Å². The summed E-state index contributed by atoms with van der Waals surface area (Å²) in [6, 6.07) is 35.0. The Balaban J connectivity index is 0. The molecule has 1 atom stereocenters. The molecule has 0 heterocycles. The first-order valence-electron chi connectivity index (χ1n) is 13.4. The van der Waals surface area contributed by atoms with Crippen LogP contribution in [0.2, 0.25) is 0 Å². The molecule has 0 spiro atoms. The Labute approximate surface area is 212 Å². The summed E-state index contributed by atoms with van der Waals surface area (Å²) in [5.41, 5.74) is 5.31. The zero-order valence-corrected chi connectivity index (χ0v) is 23.8. The molecule has 1 unspecified atom stereocenters. The highest BCUT2D eigenvalue weighted by atomic mass is 14.2. The molecule has 0 saturated heterocycles. The van der Waals surface area contributed by atoms with E-state index in [4.69, 9.17) is 0 Å². The molecule has 0 heteroatoms. The zero-order chi connectivity index (χ0) is 26.4. The third-order valence-electron chi connectivity index (χ3n) is 4.62. The van der Waals surface area contributed by atoms with E-state index in [-0.39, 0.29) is 5.92 Å². The number of rotatable bonds is 3. The standard InChI is InChI=1S/C24H20.5C2H6/c1-18-8-7-13-22(16-18)24(20-10-3-2-4-11-20)23-15-14-19-9-5-6-12-21(19)17-23;5*1-2/h2-17,24H,1H3;5*1-2H3. The molecule has 0 radical (unpaired) electrons. The number of fused-ring (bicyclic) bond motifs is 1. The van der Waals surface area contributed by atoms with Gasteiger partial charge in [-0.05, 0) is 34.4 Å². The van der Waals surface area contributed by atoms with Crippen molar-refractivity contribution < 1.29 is 0 Å². The molecule has 0 nitrogen and oxygen atoms in total. The van der Waals surface area contributed by atoms with Crippen LogP contribution in [-0.2, 0) is 0 Å². The van der Waals surface area contributed by atoms with Gasteiger partial charge in [0.2, 0.25) is 0 Å². The summed E-state index contributed by atoms with van der Waals surface area (Å²) in [5, 5.41) is 2.58. The van der Waals surface area contributed by atoms with Gasteiger partial charge < -0.3 is 0 Å². The number of hydrogen-bond acceptors (Lipinski definition) is 0. The van der Waals surface area contributed by atoms with Gasteiger partial charge in [0.15, 0.2) is 0 Å². The maximum atomic E-state index is 2.33. The van der Waals surface area contributed by atoms with Gasteiger partial charge in [0, 0.05) is 5.92 Å². The first-order chi connectivity index (χ1) is 16.8. The van der Waals surface area contributed by atoms with E-state index in [1.807, 2.05) is 69.2 Å². The van der Waals surface area contributed by atoms with Crippen molar-refractivity contribution in [3.63, 3.8) is 0 Å². The van der Waals surface area contributed by atoms with E-state index in [0.717, 1.165) is 0 Å². The van der Waals surface area contributed by atoms with Gasteiger partial charge >= 0.3 is 0 Å². The van der Waals surface area contributed by atoms with Crippen LogP contribution in [0.25, 0.3) is 10.8 Å². The lowest BCUT2D eigenvalue weighted by molar-refractivity contribution is 0.977. The summed E-state index contributed by atoms with van der Waals surface area (Å²) in [4.78, 5) is 0. The van der Waals surface area contributed by atoms with E-state index >= 15 is 0 Å². The van der Waals surface area contributed by atoms with Gasteiger partial charge in [-0.3, -0.25) is 0 Å². The van der Waals surface area contributed by atoms with E-state index in [1.165, 1.54) is 33.0 Å². The Hall–Kier alpha value is -2.86. The normalized spacial score (nSPS) is 9.50. The van der Waals surface area contributed by atoms with E-state index in [1.54, 1.807) is 0 Å². The van der Waals surface area contributed by atoms with Crippen molar-refractivity contribution in [2.75, 3.05) is 0 Å². The molecule has 186 valence electrons. The predicted octanol–water partition coefficient (Wildman–Crippen LogP) is 11.5. The van der Waals surface area contributed by atoms with Crippen molar-refractivity contribution in [2.24, 2.45) is 0 Å². The molecular formula is C34H50. The van der Waals surface area contributed by atoms with Crippen LogP contribution in [0, 0.1) is 6.92 Å². The minimum Gasteiger partial charge on any atom is -0.0683 e. The van der Waals surface area contributed by atoms with Crippen LogP contribution in [0.5, 0.6) is 0 Å². The van der Waals surface area contributed by atoms with Gasteiger partial charge in [-0.1, -0.05) is 172 Å². The molecule has 0 fully saturated rings. The predicted molar refractivity (Wildman–Crippen MR) is 159 cm³/mol. The summed E-state index contributed by atoms with van der Waals surface area (Å²) in [6.45, 7) is 22.2. The molecule has 4 rings (SSSR count). The smallest absolute Gasteiger partial charge is 0.0340 e. The fraction of sp³-hybridized carbons (Fsp3) is 0.353. The molecule has 0 bridgehead atoms. The van der Waals surface area contributed by atoms with E-state index in [9.17, 15) is 0 Å². The fourth-order valence-electron chi connectivity index (χ4n) is 3.46. The monoisotopic (exact) mass is 458 g/mol. The van der Waals surface area contributed by atoms with Crippen molar-refractivity contribution in [2.45, 2.75) is 82.1 Å². The quantitative estimate of drug-likeness (QED) is 0.268. The maximum Gasteiger partial charge on any atom is 0.0340 e. The molecule has 0 aliphatic heterocycles. The van der Waals surface area contributed by atoms with Crippen molar-refractivity contribution in [3.05, 3.63) is 119 Å². The maximum absolute atomic E-state index is 2.33. The SMILES string of the molecule is CC.CC.CC.CC.CC.Cc1cccc(C(c2ccccc2)c2ccc3ccccc3c2)c1. The number of aryl methyl sites for hydroxylation is 1. The van der Waals surface area contributed by atoms with Gasteiger partial charge in [-0.15, -0.1) is 0 Å². The number of hydrogen-bond donors (Lipinski definition) is 0. The molecule has 0 aromatic heterocycles. The average molecular weight is 459 g/mol. The van der Waals surface area contributed by atoms with Crippen LogP contribution in [0.15, 0.2) is 97.1 Å². The van der Waals surface area contributed by atoms with Crippen LogP contribution in [0.4, 0.5) is 0 Å². The van der Waals surface area contributed by atoms with Crippen LogP contribution in [0.1, 0.15) is 97.4 Å². The third kappa shape index (κ3) is 10.4. The fourth-order valence-corrected chi connectivity index (χ4v) is 3.46. The molecule has 4 aromatic carbocycles. The third-order valence-corrected chi connectivity index (χ3v) is 4.62. The molecule has 0 amide bonds. The summed E-state index contributed by atoms with van der Waals surface area (Å²) < 4.78 is 0. The molecule has 34 heavy (non-hydrogen) atoms. The van der Waals surface area contributed by atoms with Crippen molar-refractivity contribution >= 4 is 10.8 Å². The summed E-state index contributed by atoms with van der Waals surface area (Å²) >= 11 is 0. The number of benzene rings is 4. The summed E-state index contributed by atoms with van der Waals surface area (Å²) in [6.07, 6.45) is 0. The Morgan fingerprint density at radius 3 is 1.41 bits per heavy atom. The summed E-state index contributed by atoms with van der Waals surface area (Å²) in [5.74, 6) is 0.260. The molecule has 0 aliphatic carbocycles. The van der Waals surface area contributed by atoms with Gasteiger partial charge in [0.1, 0.15) is 0 Å². The van der Waals surface area contributed by atoms with Crippen molar-refractivity contribution in [3.8, 4) is 0 Å². The second-order valence-corrected chi connectivity index (χ2v) is 6.36. The Kier molecular flexibility index (Phi) is 21.5. The Morgan fingerprint density at radius 2 is 0.853 bits per heavy atom. The average Bonchev–Trinajstić information content (AvgIpc) is 2.95. The highest BCUT2D eigenvalue weighted by Gasteiger charge is 2.17. The topological polar surface area (TPSA) is 0 Å². The molecule has 0 saturated carbocycles. The molecule has 4 aromatic rings. The minimum atomic E-state index is 0.260. The molecular weight excluding hydrogens is 408 g/mol. The molecule has 0 aliphatic rings. The van der Waals surface area contributed by atoms with Crippen molar-refractivity contribution in [1.82, 2.24) is 0 Å². The van der Waals surface area contributed by atoms with E-state index in [0.29, 0.717) is 0 Å². The second-order valence-electron chi connectivity index (χ2n) is 6.36. The van der Waals surface area contributed by atoms with Crippen molar-refractivity contribution in [1.29, 1.82) is 0 Å². The van der Waals surface area contributed by atoms with Gasteiger partial charge in [0.25, 0.3) is 0 Å². The van der Waals surface area contributed by atoms with Crippen LogP contribution in [0.3, 0.4) is 0 Å². The lowest BCUT2D eigenvalue weighted by atomic mass is 9.84. The first-order valence-corrected chi connectivity index (χ1v) is 13.4. The van der Waals surface area contributed by atoms with E-state index < -0.39 is 0 Å². The van der Waals surface area contributed by atoms with Crippen LogP contribution < -0.4 is 0 Å². The van der Waals surface area contributed by atoms with Crippen LogP contribution >= 0.6 is 0 Å². The first kappa shape index (κ1) is 33.3. The minimum absolute atomic E-state index is 0.260. The highest BCUT2D eigenvalue weighted by Crippen LogP contribution is 2.33. The van der Waals surface area contributed by atoms with E-state index in [2.05, 4.69) is 104 Å². The molecule has 0 N–H and O–H groups in total. The largest absolute Gasteiger partial charge is 0.0683 e. The highest BCUT2D eigenvalue weighted by molar-refractivity contribution is 5.83. The lowest BCUT2D eigenvalue weighted by Crippen LogP contribution is -2.03. The van der Waals surface area contributed by atoms with Crippen LogP contribution in [-0.4, -0.2) is 0 Å². The van der Waals surface area contributed by atoms with Gasteiger partial charge in [-0.2, -0.15) is 0 Å². The Morgan fingerprint density at radius 1 is 0.382 bits per heavy atom. The summed E-state index contributed by atoms with van der Waals surface area (Å²) in [7, 11) is 0. The van der Waals surface area contributed by atoms with Gasteiger partial charge in [0.05, 0.1) is 0 Å². The second kappa shape index (κ2) is 22.0.